The van der Waals surface area contributed by atoms with E-state index < -0.39 is 5.97 Å². The molecule has 0 atom stereocenters. The summed E-state index contributed by atoms with van der Waals surface area (Å²) in [6.45, 7) is 10.7. The lowest BCUT2D eigenvalue weighted by Gasteiger charge is -2.07. The molecule has 3 aromatic rings. The number of carbonyl (C=O) groups excluding carboxylic acids is 4. The SMILES string of the molecule is C=CC(=O)OCCCCCCOc1ccc(/C=C/C(=O)Oc2ccc(OC)cc2C)cc1.C=CC(=O)OCCCCCCOc1ccc(C=O)cc1. The van der Waals surface area contributed by atoms with Gasteiger partial charge in [0.15, 0.2) is 0 Å². The van der Waals surface area contributed by atoms with Crippen molar-refractivity contribution < 1.29 is 47.6 Å². The fourth-order valence-corrected chi connectivity index (χ4v) is 4.45. The van der Waals surface area contributed by atoms with Gasteiger partial charge in [-0.15, -0.1) is 0 Å². The molecule has 0 unspecified atom stereocenters. The second-order valence-electron chi connectivity index (χ2n) is 11.4. The number of aryl methyl sites for hydroxylation is 1. The summed E-state index contributed by atoms with van der Waals surface area (Å²) in [6.07, 6.45) is 13.8. The summed E-state index contributed by atoms with van der Waals surface area (Å²) in [4.78, 5) is 44.3. The van der Waals surface area contributed by atoms with Crippen LogP contribution in [0.15, 0.2) is 98.1 Å². The van der Waals surface area contributed by atoms with Gasteiger partial charge in [-0.25, -0.2) is 14.4 Å². The van der Waals surface area contributed by atoms with E-state index in [4.69, 9.17) is 28.4 Å². The maximum absolute atomic E-state index is 12.1. The molecule has 10 heteroatoms. The van der Waals surface area contributed by atoms with Gasteiger partial charge in [0, 0.05) is 23.8 Å². The van der Waals surface area contributed by atoms with Crippen molar-refractivity contribution >= 4 is 30.3 Å². The van der Waals surface area contributed by atoms with Crippen molar-refractivity contribution in [1.82, 2.24) is 0 Å². The molecule has 10 nitrogen and oxygen atoms in total. The Balaban J connectivity index is 0.000000402. The summed E-state index contributed by atoms with van der Waals surface area (Å²) in [5, 5.41) is 0. The molecule has 0 aliphatic carbocycles. The Kier molecular flexibility index (Phi) is 21.4. The van der Waals surface area contributed by atoms with Gasteiger partial charge in [-0.1, -0.05) is 25.3 Å². The minimum atomic E-state index is -0.446. The van der Waals surface area contributed by atoms with Gasteiger partial charge in [0.25, 0.3) is 0 Å². The van der Waals surface area contributed by atoms with Crippen LogP contribution in [0.3, 0.4) is 0 Å². The van der Waals surface area contributed by atoms with Crippen molar-refractivity contribution in [2.45, 2.75) is 58.3 Å². The van der Waals surface area contributed by atoms with Crippen LogP contribution in [0.4, 0.5) is 0 Å². The standard InChI is InChI=1S/C26H30O6.C16H20O4/c1-4-25(27)31-18-8-6-5-7-17-30-22-12-9-21(10-13-22)11-16-26(28)32-24-15-14-23(29-3)19-20(24)2;1-2-16(18)20-12-6-4-3-5-11-19-15-9-7-14(13-17)8-10-15/h4,9-16,19H,1,5-8,17-18H2,2-3H3;2,7-10,13H,1,3-6,11-12H2/b16-11+;. The molecule has 3 aromatic carbocycles. The second kappa shape index (κ2) is 26.2. The van der Waals surface area contributed by atoms with Gasteiger partial charge < -0.3 is 28.4 Å². The van der Waals surface area contributed by atoms with E-state index in [2.05, 4.69) is 13.2 Å². The Labute approximate surface area is 307 Å². The Morgan fingerprint density at radius 1 is 0.596 bits per heavy atom. The minimum Gasteiger partial charge on any atom is -0.497 e. The van der Waals surface area contributed by atoms with Crippen LogP contribution in [0.5, 0.6) is 23.0 Å². The number of rotatable bonds is 23. The number of ether oxygens (including phenoxy) is 6. The lowest BCUT2D eigenvalue weighted by molar-refractivity contribution is -0.138. The fraction of sp³-hybridized carbons (Fsp3) is 0.333. The molecule has 0 aromatic heterocycles. The van der Waals surface area contributed by atoms with E-state index in [1.807, 2.05) is 37.3 Å². The molecule has 0 saturated carbocycles. The molecule has 0 bridgehead atoms. The average Bonchev–Trinajstić information content (AvgIpc) is 3.17. The third kappa shape index (κ3) is 18.9. The smallest absolute Gasteiger partial charge is 0.336 e. The van der Waals surface area contributed by atoms with E-state index in [-0.39, 0.29) is 11.9 Å². The third-order valence-corrected chi connectivity index (χ3v) is 7.34. The largest absolute Gasteiger partial charge is 0.497 e. The van der Waals surface area contributed by atoms with Crippen LogP contribution in [-0.2, 0) is 23.9 Å². The first-order valence-corrected chi connectivity index (χ1v) is 17.3. The number of carbonyl (C=O) groups is 4. The Hall–Kier alpha value is -5.64. The van der Waals surface area contributed by atoms with Crippen molar-refractivity contribution in [3.63, 3.8) is 0 Å². The highest BCUT2D eigenvalue weighted by molar-refractivity contribution is 5.89. The monoisotopic (exact) mass is 714 g/mol. The van der Waals surface area contributed by atoms with Crippen LogP contribution in [0.2, 0.25) is 0 Å². The van der Waals surface area contributed by atoms with E-state index in [0.717, 1.165) is 80.3 Å². The third-order valence-electron chi connectivity index (χ3n) is 7.34. The molecule has 0 amide bonds. The van der Waals surface area contributed by atoms with Crippen LogP contribution in [0.1, 0.15) is 72.9 Å². The molecule has 3 rings (SSSR count). The van der Waals surface area contributed by atoms with Gasteiger partial charge in [-0.05, 0) is 130 Å². The zero-order valence-corrected chi connectivity index (χ0v) is 30.2. The quantitative estimate of drug-likeness (QED) is 0.0311. The highest BCUT2D eigenvalue weighted by Crippen LogP contribution is 2.23. The van der Waals surface area contributed by atoms with E-state index in [1.54, 1.807) is 49.6 Å². The lowest BCUT2D eigenvalue weighted by Crippen LogP contribution is -2.05. The van der Waals surface area contributed by atoms with Crippen molar-refractivity contribution in [2.75, 3.05) is 33.5 Å². The van der Waals surface area contributed by atoms with Gasteiger partial charge in [0.05, 0.1) is 33.5 Å². The minimum absolute atomic E-state index is 0.368. The Morgan fingerprint density at radius 2 is 1.06 bits per heavy atom. The molecule has 0 N–H and O–H groups in total. The van der Waals surface area contributed by atoms with Gasteiger partial charge in [0.2, 0.25) is 0 Å². The number of hydrogen-bond donors (Lipinski definition) is 0. The summed E-state index contributed by atoms with van der Waals surface area (Å²) >= 11 is 0. The molecule has 0 radical (unpaired) electrons. The first-order valence-electron chi connectivity index (χ1n) is 17.3. The zero-order valence-electron chi connectivity index (χ0n) is 30.2. The van der Waals surface area contributed by atoms with E-state index >= 15 is 0 Å². The maximum atomic E-state index is 12.1. The van der Waals surface area contributed by atoms with Gasteiger partial charge in [-0.3, -0.25) is 4.79 Å². The molecule has 278 valence electrons. The highest BCUT2D eigenvalue weighted by Gasteiger charge is 2.06. The van der Waals surface area contributed by atoms with Crippen LogP contribution in [0, 0.1) is 6.92 Å². The average molecular weight is 715 g/mol. The maximum Gasteiger partial charge on any atom is 0.336 e. The van der Waals surface area contributed by atoms with Crippen molar-refractivity contribution in [3.05, 3.63) is 115 Å². The number of benzene rings is 3. The predicted octanol–water partition coefficient (Wildman–Crippen LogP) is 8.46. The number of aldehydes is 1. The second-order valence-corrected chi connectivity index (χ2v) is 11.4. The van der Waals surface area contributed by atoms with Crippen molar-refractivity contribution in [2.24, 2.45) is 0 Å². The molecule has 0 heterocycles. The topological polar surface area (TPSA) is 124 Å². The number of methoxy groups -OCH3 is 1. The highest BCUT2D eigenvalue weighted by atomic mass is 16.5. The van der Waals surface area contributed by atoms with Crippen LogP contribution in [-0.4, -0.2) is 57.7 Å². The lowest BCUT2D eigenvalue weighted by atomic mass is 10.2. The Bertz CT molecular complexity index is 1560. The first-order chi connectivity index (χ1) is 25.3. The van der Waals surface area contributed by atoms with E-state index in [9.17, 15) is 19.2 Å². The normalized spacial score (nSPS) is 10.3. The zero-order chi connectivity index (χ0) is 37.8. The number of hydrogen-bond acceptors (Lipinski definition) is 10. The van der Waals surface area contributed by atoms with Crippen molar-refractivity contribution in [3.8, 4) is 23.0 Å². The predicted molar refractivity (Wildman–Crippen MR) is 201 cm³/mol. The fourth-order valence-electron chi connectivity index (χ4n) is 4.45. The van der Waals surface area contributed by atoms with E-state index in [0.29, 0.717) is 43.5 Å². The van der Waals surface area contributed by atoms with Crippen LogP contribution < -0.4 is 18.9 Å². The number of unbranched alkanes of at least 4 members (excludes halogenated alkanes) is 6. The molecule has 0 fully saturated rings. The van der Waals surface area contributed by atoms with Gasteiger partial charge in [0.1, 0.15) is 29.3 Å². The molecule has 52 heavy (non-hydrogen) atoms. The van der Waals surface area contributed by atoms with Gasteiger partial charge in [-0.2, -0.15) is 0 Å². The van der Waals surface area contributed by atoms with Crippen LogP contribution >= 0.6 is 0 Å². The molecular weight excluding hydrogens is 664 g/mol. The molecule has 0 spiro atoms. The summed E-state index contributed by atoms with van der Waals surface area (Å²) in [6, 6.07) is 19.8. The Morgan fingerprint density at radius 3 is 1.50 bits per heavy atom. The number of esters is 3. The van der Waals surface area contributed by atoms with E-state index in [1.165, 1.54) is 18.2 Å². The summed E-state index contributed by atoms with van der Waals surface area (Å²) in [7, 11) is 1.59. The molecule has 0 aliphatic heterocycles. The van der Waals surface area contributed by atoms with Gasteiger partial charge >= 0.3 is 17.9 Å². The first kappa shape index (κ1) is 42.5. The van der Waals surface area contributed by atoms with Crippen LogP contribution in [0.25, 0.3) is 6.08 Å². The van der Waals surface area contributed by atoms with Crippen molar-refractivity contribution in [1.29, 1.82) is 0 Å². The summed E-state index contributed by atoms with van der Waals surface area (Å²) in [5.41, 5.74) is 2.34. The summed E-state index contributed by atoms with van der Waals surface area (Å²) < 4.78 is 31.6. The molecule has 0 aliphatic rings. The molecule has 0 saturated heterocycles. The molecular formula is C42H50O10. The summed E-state index contributed by atoms with van der Waals surface area (Å²) in [5.74, 6) is 1.57.